The van der Waals surface area contributed by atoms with Crippen LogP contribution in [0.25, 0.3) is 0 Å². The van der Waals surface area contributed by atoms with Crippen LogP contribution in [0.5, 0.6) is 0 Å². The molecular weight excluding hydrogens is 248 g/mol. The van der Waals surface area contributed by atoms with Crippen molar-refractivity contribution in [2.75, 3.05) is 32.1 Å². The summed E-state index contributed by atoms with van der Waals surface area (Å²) in [4.78, 5) is 4.67. The number of aliphatic hydroxyl groups excluding tert-OH is 1. The highest BCUT2D eigenvalue weighted by molar-refractivity contribution is 6.31. The van der Waals surface area contributed by atoms with Gasteiger partial charge in [0.1, 0.15) is 0 Å². The van der Waals surface area contributed by atoms with Crippen LogP contribution in [0.1, 0.15) is 18.4 Å². The molecule has 0 radical (unpaired) electrons. The van der Waals surface area contributed by atoms with E-state index in [1.165, 1.54) is 12.8 Å². The molecule has 1 aliphatic rings. The summed E-state index contributed by atoms with van der Waals surface area (Å²) in [5.74, 6) is 0. The Morgan fingerprint density at radius 2 is 2.06 bits per heavy atom. The second-order valence-electron chi connectivity index (χ2n) is 5.08. The molecule has 18 heavy (non-hydrogen) atoms. The molecule has 1 saturated heterocycles. The van der Waals surface area contributed by atoms with E-state index in [2.05, 4.69) is 23.9 Å². The first kappa shape index (κ1) is 13.7. The van der Waals surface area contributed by atoms with E-state index in [0.717, 1.165) is 24.3 Å². The third-order valence-electron chi connectivity index (χ3n) is 3.85. The fourth-order valence-corrected chi connectivity index (χ4v) is 2.71. The number of hydrogen-bond donors (Lipinski definition) is 1. The second kappa shape index (κ2) is 5.91. The van der Waals surface area contributed by atoms with Gasteiger partial charge in [0.2, 0.25) is 0 Å². The van der Waals surface area contributed by atoms with Gasteiger partial charge in [0.15, 0.2) is 0 Å². The van der Waals surface area contributed by atoms with Gasteiger partial charge in [-0.1, -0.05) is 17.7 Å². The van der Waals surface area contributed by atoms with Crippen LogP contribution in [0, 0.1) is 0 Å². The summed E-state index contributed by atoms with van der Waals surface area (Å²) < 4.78 is 0. The average molecular weight is 269 g/mol. The quantitative estimate of drug-likeness (QED) is 0.912. The van der Waals surface area contributed by atoms with Gasteiger partial charge < -0.3 is 14.9 Å². The molecule has 0 spiro atoms. The molecule has 1 aromatic carbocycles. The molecule has 100 valence electrons. The monoisotopic (exact) mass is 268 g/mol. The van der Waals surface area contributed by atoms with Crippen LogP contribution < -0.4 is 4.90 Å². The summed E-state index contributed by atoms with van der Waals surface area (Å²) in [6, 6.07) is 6.47. The maximum atomic E-state index is 9.12. The molecule has 1 aromatic rings. The molecule has 1 N–H and O–H groups in total. The van der Waals surface area contributed by atoms with Crippen LogP contribution in [-0.4, -0.2) is 43.2 Å². The SMILES string of the molecule is CN1CCC(N(C)c2ccc(CO)c(Cl)c2)CC1. The molecular formula is C14H21ClN2O. The van der Waals surface area contributed by atoms with Gasteiger partial charge in [-0.05, 0) is 50.7 Å². The van der Waals surface area contributed by atoms with Gasteiger partial charge in [0, 0.05) is 23.8 Å². The molecule has 1 heterocycles. The van der Waals surface area contributed by atoms with Gasteiger partial charge in [-0.3, -0.25) is 0 Å². The van der Waals surface area contributed by atoms with E-state index in [1.54, 1.807) is 0 Å². The lowest BCUT2D eigenvalue weighted by Gasteiger charge is -2.36. The fourth-order valence-electron chi connectivity index (χ4n) is 2.48. The summed E-state index contributed by atoms with van der Waals surface area (Å²) in [5, 5.41) is 9.77. The molecule has 0 aromatic heterocycles. The largest absolute Gasteiger partial charge is 0.392 e. The minimum Gasteiger partial charge on any atom is -0.392 e. The molecule has 2 rings (SSSR count). The third kappa shape index (κ3) is 2.97. The van der Waals surface area contributed by atoms with Gasteiger partial charge in [0.25, 0.3) is 0 Å². The molecule has 4 heteroatoms. The van der Waals surface area contributed by atoms with Crippen LogP contribution in [0.15, 0.2) is 18.2 Å². The first-order valence-electron chi connectivity index (χ1n) is 6.42. The number of nitrogens with zero attached hydrogens (tertiary/aromatic N) is 2. The van der Waals surface area contributed by atoms with Crippen molar-refractivity contribution < 1.29 is 5.11 Å². The molecule has 3 nitrogen and oxygen atoms in total. The van der Waals surface area contributed by atoms with Gasteiger partial charge in [-0.25, -0.2) is 0 Å². The maximum Gasteiger partial charge on any atom is 0.0696 e. The average Bonchev–Trinajstić information content (AvgIpc) is 2.38. The van der Waals surface area contributed by atoms with E-state index >= 15 is 0 Å². The Hall–Kier alpha value is -0.770. The molecule has 0 aliphatic carbocycles. The number of piperidine rings is 1. The Morgan fingerprint density at radius 1 is 1.39 bits per heavy atom. The van der Waals surface area contributed by atoms with Gasteiger partial charge in [0.05, 0.1) is 6.61 Å². The number of hydrogen-bond acceptors (Lipinski definition) is 3. The molecule has 0 unspecified atom stereocenters. The topological polar surface area (TPSA) is 26.7 Å². The zero-order chi connectivity index (χ0) is 13.1. The lowest BCUT2D eigenvalue weighted by atomic mass is 10.0. The van der Waals surface area contributed by atoms with Crippen LogP contribution in [0.2, 0.25) is 5.02 Å². The Balaban J connectivity index is 2.08. The standard InChI is InChI=1S/C14H21ClN2O/c1-16-7-5-12(6-8-16)17(2)13-4-3-11(10-18)14(15)9-13/h3-4,9,12,18H,5-8,10H2,1-2H3. The second-order valence-corrected chi connectivity index (χ2v) is 5.49. The van der Waals surface area contributed by atoms with Crippen LogP contribution in [0.4, 0.5) is 5.69 Å². The summed E-state index contributed by atoms with van der Waals surface area (Å²) in [6.07, 6.45) is 2.37. The Kier molecular flexibility index (Phi) is 4.49. The van der Waals surface area contributed by atoms with Crippen molar-refractivity contribution in [3.63, 3.8) is 0 Å². The number of benzene rings is 1. The first-order valence-corrected chi connectivity index (χ1v) is 6.80. The van der Waals surface area contributed by atoms with E-state index in [4.69, 9.17) is 16.7 Å². The van der Waals surface area contributed by atoms with Crippen molar-refractivity contribution in [2.45, 2.75) is 25.5 Å². The molecule has 0 atom stereocenters. The van der Waals surface area contributed by atoms with Crippen molar-refractivity contribution in [3.05, 3.63) is 28.8 Å². The zero-order valence-corrected chi connectivity index (χ0v) is 11.8. The molecule has 1 aliphatic heterocycles. The molecule has 0 saturated carbocycles. The Bertz CT molecular complexity index is 403. The number of rotatable bonds is 3. The lowest BCUT2D eigenvalue weighted by Crippen LogP contribution is -2.41. The molecule has 1 fully saturated rings. The summed E-state index contributed by atoms with van der Waals surface area (Å²) >= 11 is 6.14. The highest BCUT2D eigenvalue weighted by Crippen LogP contribution is 2.26. The minimum atomic E-state index is -0.00293. The van der Waals surface area contributed by atoms with Crippen molar-refractivity contribution >= 4 is 17.3 Å². The van der Waals surface area contributed by atoms with Crippen LogP contribution in [0.3, 0.4) is 0 Å². The van der Waals surface area contributed by atoms with Crippen molar-refractivity contribution in [1.82, 2.24) is 4.90 Å². The lowest BCUT2D eigenvalue weighted by molar-refractivity contribution is 0.253. The van der Waals surface area contributed by atoms with E-state index < -0.39 is 0 Å². The minimum absolute atomic E-state index is 0.00293. The van der Waals surface area contributed by atoms with Crippen molar-refractivity contribution in [1.29, 1.82) is 0 Å². The van der Waals surface area contributed by atoms with Gasteiger partial charge in [-0.2, -0.15) is 0 Å². The molecule has 0 bridgehead atoms. The normalized spacial score (nSPS) is 18.0. The third-order valence-corrected chi connectivity index (χ3v) is 4.20. The number of likely N-dealkylation sites (tertiary alicyclic amines) is 1. The first-order chi connectivity index (χ1) is 8.61. The summed E-state index contributed by atoms with van der Waals surface area (Å²) in [6.45, 7) is 2.30. The Morgan fingerprint density at radius 3 is 2.61 bits per heavy atom. The van der Waals surface area contributed by atoms with Crippen molar-refractivity contribution in [2.24, 2.45) is 0 Å². The van der Waals surface area contributed by atoms with E-state index in [1.807, 2.05) is 18.2 Å². The maximum absolute atomic E-state index is 9.12. The van der Waals surface area contributed by atoms with Gasteiger partial charge in [-0.15, -0.1) is 0 Å². The fraction of sp³-hybridized carbons (Fsp3) is 0.571. The van der Waals surface area contributed by atoms with E-state index in [-0.39, 0.29) is 6.61 Å². The predicted molar refractivity (Wildman–Crippen MR) is 76.3 cm³/mol. The van der Waals surface area contributed by atoms with Crippen LogP contribution in [-0.2, 0) is 6.61 Å². The van der Waals surface area contributed by atoms with Crippen molar-refractivity contribution in [3.8, 4) is 0 Å². The summed E-state index contributed by atoms with van der Waals surface area (Å²) in [7, 11) is 4.30. The smallest absolute Gasteiger partial charge is 0.0696 e. The predicted octanol–water partition coefficient (Wildman–Crippen LogP) is 2.36. The zero-order valence-electron chi connectivity index (χ0n) is 11.1. The number of aliphatic hydroxyl groups is 1. The van der Waals surface area contributed by atoms with E-state index in [9.17, 15) is 0 Å². The number of halogens is 1. The molecule has 0 amide bonds. The highest BCUT2D eigenvalue weighted by atomic mass is 35.5. The number of anilines is 1. The van der Waals surface area contributed by atoms with Gasteiger partial charge >= 0.3 is 0 Å². The van der Waals surface area contributed by atoms with E-state index in [0.29, 0.717) is 11.1 Å². The van der Waals surface area contributed by atoms with Crippen LogP contribution >= 0.6 is 11.6 Å². The highest BCUT2D eigenvalue weighted by Gasteiger charge is 2.21. The summed E-state index contributed by atoms with van der Waals surface area (Å²) in [5.41, 5.74) is 1.92. The Labute approximate surface area is 114 Å².